The maximum atomic E-state index is 11.1. The van der Waals surface area contributed by atoms with Gasteiger partial charge in [0.2, 0.25) is 0 Å². The molecule has 12 heteroatoms. The second-order valence-electron chi connectivity index (χ2n) is 9.14. The average Bonchev–Trinajstić information content (AvgIpc) is 2.89. The van der Waals surface area contributed by atoms with E-state index in [-0.39, 0.29) is 70.5 Å². The van der Waals surface area contributed by atoms with E-state index in [2.05, 4.69) is 13.8 Å². The number of carboxylic acid groups (broad SMARTS) is 2. The van der Waals surface area contributed by atoms with Crippen LogP contribution in [0.5, 0.6) is 0 Å². The van der Waals surface area contributed by atoms with Gasteiger partial charge in [0.1, 0.15) is 0 Å². The van der Waals surface area contributed by atoms with Gasteiger partial charge in [-0.1, -0.05) is 89.5 Å². The maximum Gasteiger partial charge on any atom is 1.00 e. The molecule has 2 rings (SSSR count). The van der Waals surface area contributed by atoms with E-state index in [0.29, 0.717) is 24.0 Å². The van der Waals surface area contributed by atoms with Crippen molar-refractivity contribution < 1.29 is 88.8 Å². The van der Waals surface area contributed by atoms with E-state index >= 15 is 0 Å². The van der Waals surface area contributed by atoms with Crippen molar-refractivity contribution in [2.24, 2.45) is 0 Å². The number of aliphatic carboxylic acids is 2. The number of hydrogen-bond donors (Lipinski definition) is 0. The van der Waals surface area contributed by atoms with Crippen molar-refractivity contribution in [1.29, 1.82) is 0 Å². The third kappa shape index (κ3) is 15.3. The Balaban J connectivity index is 0. The first-order chi connectivity index (χ1) is 18.1. The van der Waals surface area contributed by atoms with E-state index in [1.807, 2.05) is 0 Å². The van der Waals surface area contributed by atoms with Crippen molar-refractivity contribution in [1.82, 2.24) is 0 Å². The molecule has 40 heavy (non-hydrogen) atoms. The van der Waals surface area contributed by atoms with Crippen LogP contribution < -0.4 is 69.3 Å². The normalized spacial score (nSPS) is 11.4. The topological polar surface area (TPSA) is 167 Å². The largest absolute Gasteiger partial charge is 1.00 e. The zero-order chi connectivity index (χ0) is 28.5. The van der Waals surface area contributed by atoms with Crippen LogP contribution in [0.15, 0.2) is 48.5 Å². The Kier molecular flexibility index (Phi) is 23.0. The van der Waals surface area contributed by atoms with Gasteiger partial charge in [-0.2, -0.15) is 0 Å². The van der Waals surface area contributed by atoms with Gasteiger partial charge in [-0.25, -0.2) is 0 Å². The summed E-state index contributed by atoms with van der Waals surface area (Å²) in [5.74, 6) is -3.61. The number of rotatable bonds is 16. The van der Waals surface area contributed by atoms with Crippen LogP contribution in [0.4, 0.5) is 11.4 Å². The van der Waals surface area contributed by atoms with Crippen LogP contribution >= 0.6 is 0 Å². The molecule has 208 valence electrons. The molecule has 0 aliphatic heterocycles. The number of nitro benzene ring substituents is 2. The molecular formula is C28H36N2Na2O8. The van der Waals surface area contributed by atoms with Gasteiger partial charge in [0.15, 0.2) is 0 Å². The monoisotopic (exact) mass is 574 g/mol. The number of unbranched alkanes of at least 4 members (excludes halogenated alkanes) is 6. The van der Waals surface area contributed by atoms with Crippen LogP contribution in [0.3, 0.4) is 0 Å². The van der Waals surface area contributed by atoms with Gasteiger partial charge in [0, 0.05) is 48.0 Å². The molecule has 2 unspecified atom stereocenters. The van der Waals surface area contributed by atoms with Gasteiger partial charge in [-0.05, 0) is 24.0 Å². The van der Waals surface area contributed by atoms with Crippen molar-refractivity contribution in [3.63, 3.8) is 0 Å². The Morgan fingerprint density at radius 1 is 0.600 bits per heavy atom. The number of carboxylic acids is 2. The van der Waals surface area contributed by atoms with Gasteiger partial charge in [-0.15, -0.1) is 0 Å². The minimum atomic E-state index is -1.12. The fourth-order valence-electron chi connectivity index (χ4n) is 4.05. The number of hydrogen-bond acceptors (Lipinski definition) is 8. The predicted molar refractivity (Wildman–Crippen MR) is 139 cm³/mol. The van der Waals surface area contributed by atoms with E-state index in [1.54, 1.807) is 0 Å². The quantitative estimate of drug-likeness (QED) is 0.104. The van der Waals surface area contributed by atoms with Gasteiger partial charge >= 0.3 is 59.1 Å². The summed E-state index contributed by atoms with van der Waals surface area (Å²) in [6.45, 7) is 4.18. The fourth-order valence-corrected chi connectivity index (χ4v) is 4.05. The number of nitrogens with zero attached hydrogens (tertiary/aromatic N) is 2. The summed E-state index contributed by atoms with van der Waals surface area (Å²) in [7, 11) is 0. The van der Waals surface area contributed by atoms with E-state index in [9.17, 15) is 40.0 Å². The molecule has 2 aromatic carbocycles. The minimum absolute atomic E-state index is 0. The molecule has 0 aromatic heterocycles. The molecule has 2 atom stereocenters. The molecule has 0 spiro atoms. The van der Waals surface area contributed by atoms with Crippen molar-refractivity contribution in [2.45, 2.75) is 89.9 Å². The predicted octanol–water partition coefficient (Wildman–Crippen LogP) is -1.19. The molecule has 0 saturated heterocycles. The number of benzene rings is 2. The Morgan fingerprint density at radius 2 is 0.900 bits per heavy atom. The van der Waals surface area contributed by atoms with Crippen LogP contribution in [-0.4, -0.2) is 21.8 Å². The molecular weight excluding hydrogens is 538 g/mol. The van der Waals surface area contributed by atoms with Crippen molar-refractivity contribution in [3.8, 4) is 0 Å². The van der Waals surface area contributed by atoms with Crippen LogP contribution in [0.1, 0.15) is 101 Å². The molecule has 2 aromatic rings. The fraction of sp³-hybridized carbons (Fsp3) is 0.500. The maximum absolute atomic E-state index is 11.1. The van der Waals surface area contributed by atoms with Gasteiger partial charge in [-0.3, -0.25) is 20.2 Å². The number of carbonyl (C=O) groups excluding carboxylic acids is 2. The van der Waals surface area contributed by atoms with Crippen LogP contribution in [0, 0.1) is 20.2 Å². The Morgan fingerprint density at radius 3 is 1.12 bits per heavy atom. The Labute approximate surface area is 279 Å². The third-order valence-corrected chi connectivity index (χ3v) is 6.27. The van der Waals surface area contributed by atoms with Gasteiger partial charge < -0.3 is 19.8 Å². The summed E-state index contributed by atoms with van der Waals surface area (Å²) in [6.07, 6.45) is 9.01. The van der Waals surface area contributed by atoms with Crippen molar-refractivity contribution in [3.05, 3.63) is 79.9 Å². The third-order valence-electron chi connectivity index (χ3n) is 6.27. The van der Waals surface area contributed by atoms with Crippen molar-refractivity contribution >= 4 is 23.3 Å². The van der Waals surface area contributed by atoms with E-state index in [0.717, 1.165) is 51.4 Å². The molecule has 0 aliphatic carbocycles. The van der Waals surface area contributed by atoms with E-state index < -0.39 is 33.6 Å². The average molecular weight is 575 g/mol. The molecule has 0 amide bonds. The number of nitro groups is 2. The summed E-state index contributed by atoms with van der Waals surface area (Å²) >= 11 is 0. The van der Waals surface area contributed by atoms with Gasteiger partial charge in [0.05, 0.1) is 9.85 Å². The second kappa shape index (κ2) is 22.8. The summed E-state index contributed by atoms with van der Waals surface area (Å²) in [6, 6.07) is 11.3. The number of non-ortho nitro benzene ring substituents is 2. The zero-order valence-electron chi connectivity index (χ0n) is 24.0. The van der Waals surface area contributed by atoms with Crippen molar-refractivity contribution in [2.75, 3.05) is 0 Å². The van der Waals surface area contributed by atoms with Crippen LogP contribution in [-0.2, 0) is 9.59 Å². The first-order valence-corrected chi connectivity index (χ1v) is 13.0. The molecule has 0 saturated carbocycles. The molecule has 0 aliphatic rings. The van der Waals surface area contributed by atoms with Crippen LogP contribution in [0.25, 0.3) is 0 Å². The summed E-state index contributed by atoms with van der Waals surface area (Å²) in [5.41, 5.74) is 1.07. The Hall–Kier alpha value is -1.82. The SMILES string of the molecule is CCCCCCC(C(=O)[O-])c1ccc([N+](=O)[O-])cc1.CCCCCCC(C(=O)[O-])c1ccc([N+](=O)[O-])cc1.[Na+].[Na+]. The molecule has 10 nitrogen and oxygen atoms in total. The summed E-state index contributed by atoms with van der Waals surface area (Å²) in [5, 5.41) is 43.3. The first kappa shape index (κ1) is 40.3. The second-order valence-corrected chi connectivity index (χ2v) is 9.14. The van der Waals surface area contributed by atoms with Gasteiger partial charge in [0.25, 0.3) is 11.4 Å². The van der Waals surface area contributed by atoms with Crippen LogP contribution in [0.2, 0.25) is 0 Å². The number of carbonyl (C=O) groups is 2. The Bertz CT molecular complexity index is 950. The molecule has 0 fully saturated rings. The van der Waals surface area contributed by atoms with E-state index in [4.69, 9.17) is 0 Å². The summed E-state index contributed by atoms with van der Waals surface area (Å²) in [4.78, 5) is 42.3. The van der Waals surface area contributed by atoms with E-state index in [1.165, 1.54) is 48.5 Å². The molecule has 0 radical (unpaired) electrons. The minimum Gasteiger partial charge on any atom is -0.549 e. The molecule has 0 bridgehead atoms. The molecule has 0 N–H and O–H groups in total. The smallest absolute Gasteiger partial charge is 0.549 e. The first-order valence-electron chi connectivity index (χ1n) is 13.0. The summed E-state index contributed by atoms with van der Waals surface area (Å²) < 4.78 is 0. The standard InChI is InChI=1S/2C14H19NO4.2Na/c2*1-2-3-4-5-6-13(14(16)17)11-7-9-12(10-8-11)15(18)19;;/h2*7-10,13H,2-6H2,1H3,(H,16,17);;/q;;2*+1/p-2. The molecule has 0 heterocycles. The zero-order valence-corrected chi connectivity index (χ0v) is 28.0.